The second-order valence-electron chi connectivity index (χ2n) is 20.4. The normalized spacial score (nSPS) is 25.4. The maximum Gasteiger partial charge on any atom is 0.407 e. The molecule has 0 radical (unpaired) electrons. The number of aromatic nitrogens is 4. The number of para-hydroxylation sites is 1. The van der Waals surface area contributed by atoms with Crippen LogP contribution in [0.5, 0.6) is 0 Å². The van der Waals surface area contributed by atoms with E-state index in [1.807, 2.05) is 82.4 Å². The molecule has 4 aliphatic carbocycles. The van der Waals surface area contributed by atoms with Gasteiger partial charge in [0.1, 0.15) is 11.4 Å². The van der Waals surface area contributed by atoms with Crippen molar-refractivity contribution in [1.82, 2.24) is 25.1 Å². The third kappa shape index (κ3) is 8.13. The summed E-state index contributed by atoms with van der Waals surface area (Å²) in [5.74, 6) is -0.762. The Morgan fingerprint density at radius 3 is 2.39 bits per heavy atom. The highest BCUT2D eigenvalue weighted by atomic mass is 32.1. The summed E-state index contributed by atoms with van der Waals surface area (Å²) in [6, 6.07) is 17.4. The third-order valence-corrected chi connectivity index (χ3v) is 14.6. The number of nitrogens with one attached hydrogen (secondary N) is 2. The summed E-state index contributed by atoms with van der Waals surface area (Å²) in [6.07, 6.45) is 11.3. The summed E-state index contributed by atoms with van der Waals surface area (Å²) in [7, 11) is 0. The summed E-state index contributed by atoms with van der Waals surface area (Å²) in [4.78, 5) is 50.4. The average Bonchev–Trinajstić information content (AvgIpc) is 3.75. The van der Waals surface area contributed by atoms with Gasteiger partial charge in [0.15, 0.2) is 10.8 Å². The Bertz CT molecular complexity index is 2500. The van der Waals surface area contributed by atoms with Crippen LogP contribution in [0.3, 0.4) is 0 Å². The van der Waals surface area contributed by atoms with Gasteiger partial charge in [0.2, 0.25) is 0 Å². The van der Waals surface area contributed by atoms with Crippen LogP contribution >= 0.6 is 11.3 Å². The molecule has 320 valence electrons. The lowest BCUT2D eigenvalue weighted by atomic mass is 9.35. The van der Waals surface area contributed by atoms with Crippen LogP contribution in [0.1, 0.15) is 124 Å². The van der Waals surface area contributed by atoms with E-state index < -0.39 is 11.6 Å². The molecule has 61 heavy (non-hydrogen) atoms. The van der Waals surface area contributed by atoms with E-state index in [0.29, 0.717) is 48.1 Å². The minimum absolute atomic E-state index is 0.0124. The zero-order valence-electron chi connectivity index (χ0n) is 36.2. The third-order valence-electron chi connectivity index (χ3n) is 13.7. The van der Waals surface area contributed by atoms with Crippen LogP contribution in [0.4, 0.5) is 15.7 Å². The van der Waals surface area contributed by atoms with Crippen molar-refractivity contribution in [3.05, 3.63) is 88.9 Å². The van der Waals surface area contributed by atoms with E-state index in [-0.39, 0.29) is 39.4 Å². The standard InChI is InChI=1S/C48H57N7O5S/c1-30-34(21-50-55(30)29-48-26-45(5)23-46(6,27-48)25-47(24-45,28-48)18-10-19-49-43(59)60-44(2,3)4)32-15-16-38(52-39(32)41(57)58)54-20-17-31-11-9-12-33(35(31)22-54)40(56)53-42-51-36-13-7-8-14-37(36)61-42/h7-9,11-16,21H,10,17-20,22-29H2,1-6H3,(H,49,59)(H,57,58)(H,51,53,56). The topological polar surface area (TPSA) is 152 Å². The van der Waals surface area contributed by atoms with Gasteiger partial charge in [-0.3, -0.25) is 14.8 Å². The Labute approximate surface area is 361 Å². The van der Waals surface area contributed by atoms with Gasteiger partial charge in [-0.05, 0) is 149 Å². The van der Waals surface area contributed by atoms with Crippen LogP contribution in [-0.4, -0.2) is 61.5 Å². The van der Waals surface area contributed by atoms with Crippen molar-refractivity contribution in [2.24, 2.45) is 21.7 Å². The van der Waals surface area contributed by atoms with E-state index in [2.05, 4.69) is 45.1 Å². The number of carboxylic acids is 1. The first-order chi connectivity index (χ1) is 28.9. The van der Waals surface area contributed by atoms with Gasteiger partial charge in [0, 0.05) is 48.6 Å². The van der Waals surface area contributed by atoms with E-state index >= 15 is 0 Å². The molecule has 5 aromatic rings. The summed E-state index contributed by atoms with van der Waals surface area (Å²) in [5.41, 5.74) is 5.93. The van der Waals surface area contributed by atoms with E-state index in [4.69, 9.17) is 14.8 Å². The number of carbonyl (C=O) groups excluding carboxylic acids is 2. The molecular weight excluding hydrogens is 787 g/mol. The van der Waals surface area contributed by atoms with Gasteiger partial charge in [-0.1, -0.05) is 49.4 Å². The first-order valence-electron chi connectivity index (χ1n) is 21.7. The molecule has 12 nitrogen and oxygen atoms in total. The number of carboxylic acid groups (broad SMARTS) is 1. The molecule has 0 spiro atoms. The maximum atomic E-state index is 13.7. The Hall–Kier alpha value is -5.30. The van der Waals surface area contributed by atoms with Gasteiger partial charge in [0.25, 0.3) is 5.91 Å². The zero-order valence-corrected chi connectivity index (χ0v) is 37.0. The molecule has 10 rings (SSSR count). The van der Waals surface area contributed by atoms with Crippen molar-refractivity contribution in [2.75, 3.05) is 23.3 Å². The predicted molar refractivity (Wildman–Crippen MR) is 238 cm³/mol. The number of alkyl carbamates (subject to hydrolysis) is 1. The molecular formula is C48H57N7O5S. The van der Waals surface area contributed by atoms with Crippen molar-refractivity contribution in [3.8, 4) is 11.1 Å². The predicted octanol–water partition coefficient (Wildman–Crippen LogP) is 10.0. The van der Waals surface area contributed by atoms with E-state index in [9.17, 15) is 19.5 Å². The number of hydrogen-bond acceptors (Lipinski definition) is 9. The van der Waals surface area contributed by atoms with Gasteiger partial charge < -0.3 is 20.1 Å². The smallest absolute Gasteiger partial charge is 0.407 e. The Balaban J connectivity index is 0.923. The maximum absolute atomic E-state index is 13.7. The largest absolute Gasteiger partial charge is 0.476 e. The van der Waals surface area contributed by atoms with Gasteiger partial charge in [-0.25, -0.2) is 19.6 Å². The van der Waals surface area contributed by atoms with E-state index in [1.165, 1.54) is 30.6 Å². The number of ether oxygens (including phenoxy) is 1. The number of nitrogens with zero attached hydrogens (tertiary/aromatic N) is 5. The number of hydrogen-bond donors (Lipinski definition) is 3. The first kappa shape index (κ1) is 41.1. The summed E-state index contributed by atoms with van der Waals surface area (Å²) in [6.45, 7) is 15.1. The number of anilines is 2. The van der Waals surface area contributed by atoms with E-state index in [1.54, 1.807) is 0 Å². The number of benzene rings is 2. The molecule has 2 atom stereocenters. The Kier molecular flexibility index (Phi) is 10.1. The fraction of sp³-hybridized carbons (Fsp3) is 0.500. The minimum atomic E-state index is -1.10. The number of thiazole rings is 1. The van der Waals surface area contributed by atoms with Crippen molar-refractivity contribution in [3.63, 3.8) is 0 Å². The molecule has 4 bridgehead atoms. The number of aromatic carboxylic acids is 1. The summed E-state index contributed by atoms with van der Waals surface area (Å²) >= 11 is 1.44. The molecule has 13 heteroatoms. The minimum Gasteiger partial charge on any atom is -0.476 e. The molecule has 3 N–H and O–H groups in total. The molecule has 2 amide bonds. The van der Waals surface area contributed by atoms with Crippen molar-refractivity contribution < 1.29 is 24.2 Å². The van der Waals surface area contributed by atoms with Crippen LogP contribution < -0.4 is 15.5 Å². The molecule has 0 saturated heterocycles. The molecule has 4 saturated carbocycles. The summed E-state index contributed by atoms with van der Waals surface area (Å²) in [5, 5.41) is 22.1. The van der Waals surface area contributed by atoms with Crippen molar-refractivity contribution in [1.29, 1.82) is 0 Å². The lowest BCUT2D eigenvalue weighted by Crippen LogP contribution is -2.60. The lowest BCUT2D eigenvalue weighted by Gasteiger charge is -2.70. The van der Waals surface area contributed by atoms with Gasteiger partial charge in [0.05, 0.1) is 16.4 Å². The molecule has 4 heterocycles. The first-order valence-corrected chi connectivity index (χ1v) is 22.5. The quantitative estimate of drug-likeness (QED) is 0.110. The highest BCUT2D eigenvalue weighted by Gasteiger charge is 2.65. The van der Waals surface area contributed by atoms with Crippen LogP contribution in [0.25, 0.3) is 21.3 Å². The average molecular weight is 844 g/mol. The fourth-order valence-corrected chi connectivity index (χ4v) is 13.7. The molecule has 3 aromatic heterocycles. The number of amides is 2. The second-order valence-corrected chi connectivity index (χ2v) is 21.5. The molecule has 2 aromatic carbocycles. The van der Waals surface area contributed by atoms with Gasteiger partial charge in [-0.15, -0.1) is 0 Å². The summed E-state index contributed by atoms with van der Waals surface area (Å²) < 4.78 is 8.60. The number of pyridine rings is 1. The van der Waals surface area contributed by atoms with Gasteiger partial charge >= 0.3 is 12.1 Å². The second kappa shape index (κ2) is 15.0. The fourth-order valence-electron chi connectivity index (χ4n) is 12.9. The number of carbonyl (C=O) groups is 3. The molecule has 4 fully saturated rings. The lowest BCUT2D eigenvalue weighted by molar-refractivity contribution is -0.197. The van der Waals surface area contributed by atoms with Gasteiger partial charge in [-0.2, -0.15) is 5.10 Å². The van der Waals surface area contributed by atoms with Crippen LogP contribution in [-0.2, 0) is 24.2 Å². The van der Waals surface area contributed by atoms with Crippen molar-refractivity contribution >= 4 is 50.5 Å². The zero-order chi connectivity index (χ0) is 43.0. The van der Waals surface area contributed by atoms with Crippen LogP contribution in [0.15, 0.2) is 60.8 Å². The monoisotopic (exact) mass is 843 g/mol. The highest BCUT2D eigenvalue weighted by molar-refractivity contribution is 7.22. The SMILES string of the molecule is Cc1c(-c2ccc(N3CCc4cccc(C(=O)Nc5nc6ccccc6s5)c4C3)nc2C(=O)O)cnn1CC12CC3(C)CC(C)(CC(CCCNC(=O)OC(C)(C)C)(C3)C1)C2. The highest BCUT2D eigenvalue weighted by Crippen LogP contribution is 2.75. The van der Waals surface area contributed by atoms with E-state index in [0.717, 1.165) is 71.2 Å². The number of fused-ring (bicyclic) bond motifs is 2. The molecule has 2 unspecified atom stereocenters. The van der Waals surface area contributed by atoms with Crippen LogP contribution in [0.2, 0.25) is 0 Å². The molecule has 1 aliphatic heterocycles. The van der Waals surface area contributed by atoms with Crippen LogP contribution in [0, 0.1) is 28.6 Å². The molecule has 5 aliphatic rings. The Morgan fingerprint density at radius 2 is 1.66 bits per heavy atom. The number of rotatable bonds is 11. The Morgan fingerprint density at radius 1 is 0.902 bits per heavy atom. The van der Waals surface area contributed by atoms with Crippen molar-refractivity contribution in [2.45, 2.75) is 118 Å².